The lowest BCUT2D eigenvalue weighted by atomic mass is 10.2. The summed E-state index contributed by atoms with van der Waals surface area (Å²) in [5.41, 5.74) is 7.95. The molecule has 5 nitrogen and oxygen atoms in total. The van der Waals surface area contributed by atoms with Crippen LogP contribution in [0.1, 0.15) is 5.56 Å². The minimum Gasteiger partial charge on any atom is -0.365 e. The Labute approximate surface area is 137 Å². The minimum absolute atomic E-state index is 0.107. The van der Waals surface area contributed by atoms with Crippen LogP contribution in [-0.4, -0.2) is 18.0 Å². The van der Waals surface area contributed by atoms with Crippen molar-refractivity contribution in [2.45, 2.75) is 6.54 Å². The average molecular weight is 397 g/mol. The maximum absolute atomic E-state index is 10.8. The van der Waals surface area contributed by atoms with E-state index in [-0.39, 0.29) is 10.6 Å². The van der Waals surface area contributed by atoms with Crippen LogP contribution < -0.4 is 10.6 Å². The van der Waals surface area contributed by atoms with E-state index in [1.807, 2.05) is 18.2 Å². The fraction of sp³-hybridized carbons (Fsp3) is 0.200. The lowest BCUT2D eigenvalue weighted by molar-refractivity contribution is -0.384. The summed E-state index contributed by atoms with van der Waals surface area (Å²) in [6, 6.07) is 15.0. The zero-order valence-electron chi connectivity index (χ0n) is 11.4. The first kappa shape index (κ1) is 15.7. The van der Waals surface area contributed by atoms with E-state index in [2.05, 4.69) is 39.6 Å². The number of nitro benzene ring substituents is 1. The molecule has 0 spiro atoms. The molecule has 0 amide bonds. The van der Waals surface area contributed by atoms with E-state index in [0.717, 1.165) is 15.8 Å². The molecule has 0 saturated carbocycles. The van der Waals surface area contributed by atoms with Gasteiger partial charge in [-0.1, -0.05) is 30.3 Å². The Morgan fingerprint density at radius 2 is 1.90 bits per heavy atom. The van der Waals surface area contributed by atoms with Crippen molar-refractivity contribution in [2.24, 2.45) is 5.73 Å². The fourth-order valence-corrected chi connectivity index (χ4v) is 2.95. The first-order valence-electron chi connectivity index (χ1n) is 6.54. The van der Waals surface area contributed by atoms with Crippen molar-refractivity contribution in [1.82, 2.24) is 0 Å². The molecular weight excluding hydrogens is 381 g/mol. The summed E-state index contributed by atoms with van der Waals surface area (Å²) in [5.74, 6) is 0. The predicted octanol–water partition coefficient (Wildman–Crippen LogP) is 3.16. The van der Waals surface area contributed by atoms with Crippen LogP contribution in [0, 0.1) is 13.7 Å². The van der Waals surface area contributed by atoms with Gasteiger partial charge in [0.15, 0.2) is 0 Å². The summed E-state index contributed by atoms with van der Waals surface area (Å²) in [4.78, 5) is 12.6. The Balaban J connectivity index is 2.27. The molecule has 0 heterocycles. The number of hydrogen-bond acceptors (Lipinski definition) is 4. The van der Waals surface area contributed by atoms with Crippen molar-refractivity contribution in [3.05, 3.63) is 67.8 Å². The van der Waals surface area contributed by atoms with Crippen molar-refractivity contribution >= 4 is 34.0 Å². The molecule has 0 atom stereocenters. The van der Waals surface area contributed by atoms with Crippen molar-refractivity contribution in [3.8, 4) is 0 Å². The highest BCUT2D eigenvalue weighted by atomic mass is 127. The van der Waals surface area contributed by atoms with E-state index in [0.29, 0.717) is 13.1 Å². The van der Waals surface area contributed by atoms with Crippen LogP contribution in [-0.2, 0) is 6.54 Å². The molecule has 0 unspecified atom stereocenters. The van der Waals surface area contributed by atoms with Crippen molar-refractivity contribution in [2.75, 3.05) is 18.0 Å². The molecule has 2 rings (SSSR count). The number of nitrogens with two attached hydrogens (primary N) is 1. The van der Waals surface area contributed by atoms with Crippen molar-refractivity contribution in [3.63, 3.8) is 0 Å². The molecule has 0 aliphatic heterocycles. The van der Waals surface area contributed by atoms with Gasteiger partial charge in [-0.25, -0.2) is 0 Å². The van der Waals surface area contributed by atoms with Gasteiger partial charge in [-0.3, -0.25) is 10.1 Å². The van der Waals surface area contributed by atoms with Gasteiger partial charge in [-0.05, 0) is 34.2 Å². The van der Waals surface area contributed by atoms with Gasteiger partial charge in [0.05, 0.1) is 10.6 Å². The highest BCUT2D eigenvalue weighted by molar-refractivity contribution is 14.1. The molecule has 21 heavy (non-hydrogen) atoms. The monoisotopic (exact) mass is 397 g/mol. The van der Waals surface area contributed by atoms with E-state index in [1.165, 1.54) is 11.6 Å². The lowest BCUT2D eigenvalue weighted by Gasteiger charge is -2.25. The molecule has 0 fully saturated rings. The number of halogens is 1. The van der Waals surface area contributed by atoms with E-state index < -0.39 is 0 Å². The number of nitro groups is 1. The molecule has 0 aliphatic rings. The molecule has 2 aromatic carbocycles. The smallest absolute Gasteiger partial charge is 0.270 e. The summed E-state index contributed by atoms with van der Waals surface area (Å²) in [6.45, 7) is 1.95. The minimum atomic E-state index is -0.379. The Hall–Kier alpha value is -1.67. The second-order valence-corrected chi connectivity index (χ2v) is 5.75. The topological polar surface area (TPSA) is 72.4 Å². The predicted molar refractivity (Wildman–Crippen MR) is 92.4 cm³/mol. The second-order valence-electron chi connectivity index (χ2n) is 4.59. The first-order chi connectivity index (χ1) is 10.1. The number of nitrogens with zero attached hydrogens (tertiary/aromatic N) is 2. The van der Waals surface area contributed by atoms with Gasteiger partial charge < -0.3 is 10.6 Å². The standard InChI is InChI=1S/C15H16IN3O2/c16-14-10-13(19(20)21)6-7-15(14)18(9-8-17)11-12-4-2-1-3-5-12/h1-7,10H,8-9,11,17H2. The maximum atomic E-state index is 10.8. The number of benzene rings is 2. The third-order valence-corrected chi connectivity index (χ3v) is 3.96. The Bertz CT molecular complexity index is 620. The van der Waals surface area contributed by atoms with Crippen LogP contribution in [0.15, 0.2) is 48.5 Å². The highest BCUT2D eigenvalue weighted by Gasteiger charge is 2.14. The van der Waals surface area contributed by atoms with Gasteiger partial charge in [0, 0.05) is 35.3 Å². The summed E-state index contributed by atoms with van der Waals surface area (Å²) in [5, 5.41) is 10.8. The molecule has 0 aliphatic carbocycles. The molecule has 0 radical (unpaired) electrons. The molecule has 0 aromatic heterocycles. The third kappa shape index (κ3) is 4.15. The van der Waals surface area contributed by atoms with Gasteiger partial charge in [0.1, 0.15) is 0 Å². The summed E-state index contributed by atoms with van der Waals surface area (Å²) in [7, 11) is 0. The van der Waals surface area contributed by atoms with Crippen LogP contribution in [0.5, 0.6) is 0 Å². The van der Waals surface area contributed by atoms with Crippen LogP contribution in [0.3, 0.4) is 0 Å². The molecule has 0 saturated heterocycles. The molecule has 2 N–H and O–H groups in total. The Morgan fingerprint density at radius 1 is 1.19 bits per heavy atom. The van der Waals surface area contributed by atoms with E-state index in [4.69, 9.17) is 5.73 Å². The van der Waals surface area contributed by atoms with E-state index in [1.54, 1.807) is 12.1 Å². The van der Waals surface area contributed by atoms with E-state index in [9.17, 15) is 10.1 Å². The summed E-state index contributed by atoms with van der Waals surface area (Å²) < 4.78 is 0.853. The molecule has 110 valence electrons. The zero-order chi connectivity index (χ0) is 15.2. The number of rotatable bonds is 6. The van der Waals surface area contributed by atoms with Gasteiger partial charge in [0.2, 0.25) is 0 Å². The van der Waals surface area contributed by atoms with Crippen LogP contribution in [0.25, 0.3) is 0 Å². The van der Waals surface area contributed by atoms with Crippen LogP contribution in [0.2, 0.25) is 0 Å². The van der Waals surface area contributed by atoms with E-state index >= 15 is 0 Å². The fourth-order valence-electron chi connectivity index (χ4n) is 2.11. The van der Waals surface area contributed by atoms with Crippen LogP contribution >= 0.6 is 22.6 Å². The SMILES string of the molecule is NCCN(Cc1ccccc1)c1ccc([N+](=O)[O-])cc1I. The van der Waals surface area contributed by atoms with Gasteiger partial charge in [-0.15, -0.1) is 0 Å². The largest absolute Gasteiger partial charge is 0.365 e. The molecular formula is C15H16IN3O2. The molecule has 0 bridgehead atoms. The van der Waals surface area contributed by atoms with Gasteiger partial charge in [-0.2, -0.15) is 0 Å². The normalized spacial score (nSPS) is 10.4. The number of hydrogen-bond donors (Lipinski definition) is 1. The van der Waals surface area contributed by atoms with Crippen LogP contribution in [0.4, 0.5) is 11.4 Å². The van der Waals surface area contributed by atoms with Crippen molar-refractivity contribution < 1.29 is 4.92 Å². The third-order valence-electron chi connectivity index (χ3n) is 3.10. The average Bonchev–Trinajstić information content (AvgIpc) is 2.48. The summed E-state index contributed by atoms with van der Waals surface area (Å²) >= 11 is 2.13. The quantitative estimate of drug-likeness (QED) is 0.462. The molecule has 6 heteroatoms. The Morgan fingerprint density at radius 3 is 2.48 bits per heavy atom. The lowest BCUT2D eigenvalue weighted by Crippen LogP contribution is -2.29. The first-order valence-corrected chi connectivity index (χ1v) is 7.62. The highest BCUT2D eigenvalue weighted by Crippen LogP contribution is 2.27. The van der Waals surface area contributed by atoms with Crippen molar-refractivity contribution in [1.29, 1.82) is 0 Å². The summed E-state index contributed by atoms with van der Waals surface area (Å²) in [6.07, 6.45) is 0. The molecule has 2 aromatic rings. The number of non-ortho nitro benzene ring substituents is 1. The maximum Gasteiger partial charge on any atom is 0.270 e. The number of anilines is 1. The second kappa shape index (κ2) is 7.37. The van der Waals surface area contributed by atoms with Gasteiger partial charge >= 0.3 is 0 Å². The Kier molecular flexibility index (Phi) is 5.51. The zero-order valence-corrected chi connectivity index (χ0v) is 13.6. The van der Waals surface area contributed by atoms with Gasteiger partial charge in [0.25, 0.3) is 5.69 Å².